The molecule has 0 aliphatic rings. The maximum Gasteiger partial charge on any atom is 0.273 e. The summed E-state index contributed by atoms with van der Waals surface area (Å²) in [5, 5.41) is 12.5. The first-order chi connectivity index (χ1) is 8.59. The molecule has 1 heterocycles. The Kier molecular flexibility index (Phi) is 5.84. The highest BCUT2D eigenvalue weighted by Crippen LogP contribution is 2.05. The number of nitrogens with zero attached hydrogens (tertiary/aromatic N) is 2. The summed E-state index contributed by atoms with van der Waals surface area (Å²) in [6, 6.07) is 0. The van der Waals surface area contributed by atoms with E-state index in [0.717, 1.165) is 12.8 Å². The third kappa shape index (κ3) is 5.43. The van der Waals surface area contributed by atoms with Crippen LogP contribution in [0.3, 0.4) is 0 Å². The van der Waals surface area contributed by atoms with E-state index in [4.69, 9.17) is 0 Å². The smallest absolute Gasteiger partial charge is 0.273 e. The van der Waals surface area contributed by atoms with Gasteiger partial charge in [-0.15, -0.1) is 0 Å². The second kappa shape index (κ2) is 7.42. The van der Waals surface area contributed by atoms with E-state index in [9.17, 15) is 4.79 Å². The second-order valence-corrected chi connectivity index (χ2v) is 4.44. The van der Waals surface area contributed by atoms with Crippen LogP contribution >= 0.6 is 0 Å². The highest BCUT2D eigenvalue weighted by molar-refractivity contribution is 5.91. The minimum atomic E-state index is -0.211. The van der Waals surface area contributed by atoms with E-state index < -0.39 is 0 Å². The highest BCUT2D eigenvalue weighted by Gasteiger charge is 2.05. The van der Waals surface area contributed by atoms with Crippen molar-refractivity contribution < 1.29 is 4.79 Å². The van der Waals surface area contributed by atoms with Crippen LogP contribution in [0.1, 0.15) is 44.1 Å². The van der Waals surface area contributed by atoms with Crippen molar-refractivity contribution in [3.63, 3.8) is 0 Å². The van der Waals surface area contributed by atoms with Gasteiger partial charge in [-0.2, -0.15) is 15.4 Å². The van der Waals surface area contributed by atoms with Gasteiger partial charge >= 0.3 is 0 Å². The molecule has 5 nitrogen and oxygen atoms in total. The van der Waals surface area contributed by atoms with E-state index >= 15 is 0 Å². The van der Waals surface area contributed by atoms with Gasteiger partial charge < -0.3 is 5.32 Å². The molecule has 18 heavy (non-hydrogen) atoms. The van der Waals surface area contributed by atoms with Crippen LogP contribution in [0.25, 0.3) is 0 Å². The quantitative estimate of drug-likeness (QED) is 0.758. The van der Waals surface area contributed by atoms with Crippen molar-refractivity contribution in [2.75, 3.05) is 6.54 Å². The van der Waals surface area contributed by atoms with E-state index in [1.54, 1.807) is 0 Å². The van der Waals surface area contributed by atoms with Gasteiger partial charge in [-0.05, 0) is 33.6 Å². The van der Waals surface area contributed by atoms with Gasteiger partial charge in [0, 0.05) is 6.54 Å². The average Bonchev–Trinajstić information content (AvgIpc) is 2.81. The number of carbonyl (C=O) groups is 1. The molecule has 2 N–H and O–H groups in total. The molecule has 1 aromatic heterocycles. The third-order valence-corrected chi connectivity index (χ3v) is 2.45. The summed E-state index contributed by atoms with van der Waals surface area (Å²) in [5.74, 6) is -0.211. The largest absolute Gasteiger partial charge is 0.347 e. The molecule has 1 rings (SSSR count). The normalized spacial score (nSPS) is 11.2. The van der Waals surface area contributed by atoms with Crippen molar-refractivity contribution in [2.45, 2.75) is 33.6 Å². The molecular formula is C13H20N4O. The monoisotopic (exact) mass is 248 g/mol. The number of hydrogen-bond acceptors (Lipinski definition) is 3. The minimum absolute atomic E-state index is 0.211. The Morgan fingerprint density at radius 3 is 2.78 bits per heavy atom. The molecule has 0 aliphatic carbocycles. The van der Waals surface area contributed by atoms with E-state index in [1.165, 1.54) is 17.3 Å². The summed E-state index contributed by atoms with van der Waals surface area (Å²) in [4.78, 5) is 11.5. The Bertz CT molecular complexity index is 428. The Balaban J connectivity index is 2.27. The summed E-state index contributed by atoms with van der Waals surface area (Å²) >= 11 is 0. The molecule has 98 valence electrons. The lowest BCUT2D eigenvalue weighted by Gasteiger charge is -2.01. The van der Waals surface area contributed by atoms with E-state index in [0.29, 0.717) is 12.2 Å². The molecule has 0 bridgehead atoms. The molecule has 0 aromatic carbocycles. The summed E-state index contributed by atoms with van der Waals surface area (Å²) in [5.41, 5.74) is 2.92. The number of H-pyrrole nitrogens is 1. The van der Waals surface area contributed by atoms with Crippen molar-refractivity contribution in [1.82, 2.24) is 20.7 Å². The fourth-order valence-electron chi connectivity index (χ4n) is 1.41. The topological polar surface area (TPSA) is 70.7 Å². The fourth-order valence-corrected chi connectivity index (χ4v) is 1.41. The molecule has 0 saturated carbocycles. The minimum Gasteiger partial charge on any atom is -0.347 e. The number of rotatable bonds is 6. The zero-order valence-corrected chi connectivity index (χ0v) is 11.2. The van der Waals surface area contributed by atoms with Gasteiger partial charge in [0.2, 0.25) is 0 Å². The van der Waals surface area contributed by atoms with Crippen LogP contribution in [0.4, 0.5) is 0 Å². The molecule has 1 aromatic rings. The number of amides is 1. The van der Waals surface area contributed by atoms with Gasteiger partial charge in [0.15, 0.2) is 5.69 Å². The van der Waals surface area contributed by atoms with Crippen LogP contribution in [0.2, 0.25) is 0 Å². The zero-order valence-electron chi connectivity index (χ0n) is 11.2. The number of aromatic amines is 1. The first-order valence-electron chi connectivity index (χ1n) is 6.02. The van der Waals surface area contributed by atoms with Gasteiger partial charge in [-0.3, -0.25) is 4.79 Å². The van der Waals surface area contributed by atoms with Gasteiger partial charge in [0.05, 0.1) is 6.20 Å². The van der Waals surface area contributed by atoms with Crippen molar-refractivity contribution in [3.05, 3.63) is 35.2 Å². The fraction of sp³-hybridized carbons (Fsp3) is 0.462. The molecule has 0 aliphatic heterocycles. The Labute approximate surface area is 107 Å². The van der Waals surface area contributed by atoms with Crippen LogP contribution in [-0.2, 0) is 0 Å². The molecule has 5 heteroatoms. The van der Waals surface area contributed by atoms with Gasteiger partial charge in [0.25, 0.3) is 5.91 Å². The summed E-state index contributed by atoms with van der Waals surface area (Å²) in [6.07, 6.45) is 7.70. The predicted molar refractivity (Wildman–Crippen MR) is 71.1 cm³/mol. The Hall–Kier alpha value is -1.91. The lowest BCUT2D eigenvalue weighted by Crippen LogP contribution is -2.23. The van der Waals surface area contributed by atoms with Crippen LogP contribution in [0, 0.1) is 0 Å². The molecule has 0 fully saturated rings. The van der Waals surface area contributed by atoms with Gasteiger partial charge in [-0.1, -0.05) is 23.3 Å². The van der Waals surface area contributed by atoms with Crippen LogP contribution < -0.4 is 5.32 Å². The molecule has 0 saturated heterocycles. The second-order valence-electron chi connectivity index (χ2n) is 4.44. The first kappa shape index (κ1) is 14.2. The van der Waals surface area contributed by atoms with Crippen molar-refractivity contribution in [2.24, 2.45) is 0 Å². The average molecular weight is 248 g/mol. The van der Waals surface area contributed by atoms with Crippen LogP contribution in [-0.4, -0.2) is 27.9 Å². The SMILES string of the molecule is CC(C)=CCC/C(C)=C/CNC(=O)c1cn[nH]n1. The van der Waals surface area contributed by atoms with E-state index in [1.807, 2.05) is 6.08 Å². The predicted octanol–water partition coefficient (Wildman–Crippen LogP) is 2.23. The maximum atomic E-state index is 11.5. The van der Waals surface area contributed by atoms with Crippen molar-refractivity contribution in [3.8, 4) is 0 Å². The number of nitrogens with one attached hydrogen (secondary N) is 2. The number of carbonyl (C=O) groups excluding carboxylic acids is 1. The van der Waals surface area contributed by atoms with Crippen molar-refractivity contribution in [1.29, 1.82) is 0 Å². The number of hydrogen-bond donors (Lipinski definition) is 2. The number of aromatic nitrogens is 3. The van der Waals surface area contributed by atoms with Crippen LogP contribution in [0.5, 0.6) is 0 Å². The summed E-state index contributed by atoms with van der Waals surface area (Å²) in [7, 11) is 0. The lowest BCUT2D eigenvalue weighted by molar-refractivity contribution is 0.0953. The summed E-state index contributed by atoms with van der Waals surface area (Å²) < 4.78 is 0. The molecule has 0 spiro atoms. The maximum absolute atomic E-state index is 11.5. The number of allylic oxidation sites excluding steroid dienone is 3. The zero-order chi connectivity index (χ0) is 13.4. The Morgan fingerprint density at radius 1 is 1.39 bits per heavy atom. The summed E-state index contributed by atoms with van der Waals surface area (Å²) in [6.45, 7) is 6.78. The molecule has 1 amide bonds. The standard InChI is InChI=1S/C13H20N4O/c1-10(2)5-4-6-11(3)7-8-14-13(18)12-9-15-17-16-12/h5,7,9H,4,6,8H2,1-3H3,(H,14,18)(H,15,16,17)/b11-7+. The molecular weight excluding hydrogens is 228 g/mol. The van der Waals surface area contributed by atoms with E-state index in [2.05, 4.69) is 47.6 Å². The van der Waals surface area contributed by atoms with Crippen molar-refractivity contribution >= 4 is 5.91 Å². The lowest BCUT2D eigenvalue weighted by atomic mass is 10.1. The molecule has 0 radical (unpaired) electrons. The van der Waals surface area contributed by atoms with Crippen LogP contribution in [0.15, 0.2) is 29.5 Å². The van der Waals surface area contributed by atoms with E-state index in [-0.39, 0.29) is 5.91 Å². The van der Waals surface area contributed by atoms with Gasteiger partial charge in [0.1, 0.15) is 0 Å². The van der Waals surface area contributed by atoms with Gasteiger partial charge in [-0.25, -0.2) is 0 Å². The third-order valence-electron chi connectivity index (χ3n) is 2.45. The first-order valence-corrected chi connectivity index (χ1v) is 6.02. The molecule has 0 unspecified atom stereocenters. The Morgan fingerprint density at radius 2 is 2.17 bits per heavy atom. The molecule has 0 atom stereocenters. The highest BCUT2D eigenvalue weighted by atomic mass is 16.1.